The van der Waals surface area contributed by atoms with E-state index in [4.69, 9.17) is 10.6 Å². The molecule has 0 atom stereocenters. The van der Waals surface area contributed by atoms with Gasteiger partial charge in [-0.15, -0.1) is 0 Å². The lowest BCUT2D eigenvalue weighted by atomic mass is 10.2. The summed E-state index contributed by atoms with van der Waals surface area (Å²) in [7, 11) is 0. The summed E-state index contributed by atoms with van der Waals surface area (Å²) >= 11 is 0. The van der Waals surface area contributed by atoms with Gasteiger partial charge in [0.15, 0.2) is 0 Å². The molecule has 1 aliphatic rings. The highest BCUT2D eigenvalue weighted by molar-refractivity contribution is 5.82. The van der Waals surface area contributed by atoms with E-state index >= 15 is 0 Å². The fraction of sp³-hybridized carbons (Fsp3) is 0.833. The van der Waals surface area contributed by atoms with Crippen LogP contribution in [0.1, 0.15) is 46.5 Å². The number of nitrogens with zero attached hydrogens (tertiary/aromatic N) is 1. The van der Waals surface area contributed by atoms with Crippen LogP contribution in [-0.2, 0) is 9.53 Å². The summed E-state index contributed by atoms with van der Waals surface area (Å²) in [5.74, 6) is 4.69. The molecule has 0 aromatic rings. The lowest BCUT2D eigenvalue weighted by molar-refractivity contribution is -0.122. The van der Waals surface area contributed by atoms with Crippen molar-refractivity contribution in [3.8, 4) is 0 Å². The molecular weight excluding hydrogens is 234 g/mol. The second kappa shape index (κ2) is 6.04. The van der Waals surface area contributed by atoms with E-state index in [0.29, 0.717) is 0 Å². The Balaban J connectivity index is 2.69. The molecule has 0 unspecified atom stereocenters. The highest BCUT2D eigenvalue weighted by Gasteiger charge is 2.31. The maximum absolute atomic E-state index is 12.1. The van der Waals surface area contributed by atoms with Gasteiger partial charge in [0, 0.05) is 6.04 Å². The van der Waals surface area contributed by atoms with Gasteiger partial charge in [0.05, 0.1) is 0 Å². The van der Waals surface area contributed by atoms with E-state index in [2.05, 4.69) is 0 Å². The Morgan fingerprint density at radius 3 is 2.33 bits per heavy atom. The zero-order valence-electron chi connectivity index (χ0n) is 11.4. The zero-order valence-corrected chi connectivity index (χ0v) is 11.4. The molecule has 2 amide bonds. The number of hydrogen-bond donors (Lipinski definition) is 2. The number of nitrogens with one attached hydrogen (secondary N) is 1. The van der Waals surface area contributed by atoms with Crippen LogP contribution in [0, 0.1) is 0 Å². The molecule has 0 radical (unpaired) electrons. The fourth-order valence-corrected chi connectivity index (χ4v) is 2.08. The summed E-state index contributed by atoms with van der Waals surface area (Å²) in [6.07, 6.45) is 3.54. The van der Waals surface area contributed by atoms with Gasteiger partial charge in [-0.25, -0.2) is 10.6 Å². The van der Waals surface area contributed by atoms with E-state index in [1.54, 1.807) is 20.8 Å². The van der Waals surface area contributed by atoms with Gasteiger partial charge in [-0.05, 0) is 33.6 Å². The maximum atomic E-state index is 12.1. The molecule has 1 aliphatic carbocycles. The molecule has 0 aromatic carbocycles. The molecule has 0 bridgehead atoms. The van der Waals surface area contributed by atoms with Gasteiger partial charge < -0.3 is 4.74 Å². The van der Waals surface area contributed by atoms with Crippen molar-refractivity contribution in [3.63, 3.8) is 0 Å². The number of hydrogen-bond acceptors (Lipinski definition) is 4. The highest BCUT2D eigenvalue weighted by Crippen LogP contribution is 2.24. The standard InChI is InChI=1S/C12H23N3O3/c1-12(2,3)18-11(17)15(8-10(16)14-13)9-6-4-5-7-9/h9H,4-8,13H2,1-3H3,(H,14,16). The van der Waals surface area contributed by atoms with Crippen LogP contribution in [0.2, 0.25) is 0 Å². The number of hydrazine groups is 1. The first-order chi connectivity index (χ1) is 8.33. The third-order valence-electron chi connectivity index (χ3n) is 2.87. The van der Waals surface area contributed by atoms with Crippen LogP contribution in [0.15, 0.2) is 0 Å². The van der Waals surface area contributed by atoms with Gasteiger partial charge >= 0.3 is 6.09 Å². The summed E-state index contributed by atoms with van der Waals surface area (Å²) in [6, 6.07) is 0.0807. The third-order valence-corrected chi connectivity index (χ3v) is 2.87. The molecule has 3 N–H and O–H groups in total. The van der Waals surface area contributed by atoms with Crippen LogP contribution in [0.3, 0.4) is 0 Å². The Kier molecular flexibility index (Phi) is 4.95. The summed E-state index contributed by atoms with van der Waals surface area (Å²) in [6.45, 7) is 5.37. The van der Waals surface area contributed by atoms with Crippen molar-refractivity contribution in [3.05, 3.63) is 0 Å². The Morgan fingerprint density at radius 1 is 1.33 bits per heavy atom. The van der Waals surface area contributed by atoms with Crippen LogP contribution < -0.4 is 11.3 Å². The predicted molar refractivity (Wildman–Crippen MR) is 67.5 cm³/mol. The molecule has 6 heteroatoms. The van der Waals surface area contributed by atoms with Gasteiger partial charge in [-0.1, -0.05) is 12.8 Å². The minimum atomic E-state index is -0.562. The molecule has 0 heterocycles. The quantitative estimate of drug-likeness (QED) is 0.451. The first-order valence-corrected chi connectivity index (χ1v) is 6.32. The Labute approximate surface area is 108 Å². The SMILES string of the molecule is CC(C)(C)OC(=O)N(CC(=O)NN)C1CCCC1. The first-order valence-electron chi connectivity index (χ1n) is 6.32. The van der Waals surface area contributed by atoms with E-state index in [1.165, 1.54) is 4.90 Å². The average molecular weight is 257 g/mol. The predicted octanol–water partition coefficient (Wildman–Crippen LogP) is 1.16. The number of ether oxygens (including phenoxy) is 1. The maximum Gasteiger partial charge on any atom is 0.411 e. The molecule has 1 rings (SSSR count). The van der Waals surface area contributed by atoms with Crippen LogP contribution >= 0.6 is 0 Å². The van der Waals surface area contributed by atoms with E-state index in [9.17, 15) is 9.59 Å². The molecule has 1 saturated carbocycles. The van der Waals surface area contributed by atoms with E-state index in [0.717, 1.165) is 25.7 Å². The van der Waals surface area contributed by atoms with Crippen LogP contribution in [0.5, 0.6) is 0 Å². The Bertz CT molecular complexity index is 306. The van der Waals surface area contributed by atoms with Gasteiger partial charge in [0.2, 0.25) is 0 Å². The van der Waals surface area contributed by atoms with E-state index in [-0.39, 0.29) is 18.5 Å². The zero-order chi connectivity index (χ0) is 13.8. The third kappa shape index (κ3) is 4.52. The van der Waals surface area contributed by atoms with Crippen LogP contribution in [0.25, 0.3) is 0 Å². The highest BCUT2D eigenvalue weighted by atomic mass is 16.6. The number of nitrogens with two attached hydrogens (primary N) is 1. The van der Waals surface area contributed by atoms with E-state index in [1.807, 2.05) is 5.43 Å². The number of carbonyl (C=O) groups excluding carboxylic acids is 2. The molecule has 0 aliphatic heterocycles. The van der Waals surface area contributed by atoms with Crippen molar-refractivity contribution in [1.29, 1.82) is 0 Å². The Morgan fingerprint density at radius 2 is 1.89 bits per heavy atom. The number of rotatable bonds is 3. The van der Waals surface area contributed by atoms with Crippen molar-refractivity contribution >= 4 is 12.0 Å². The van der Waals surface area contributed by atoms with Gasteiger partial charge in [0.25, 0.3) is 5.91 Å². The van der Waals surface area contributed by atoms with Crippen molar-refractivity contribution < 1.29 is 14.3 Å². The second-order valence-corrected chi connectivity index (χ2v) is 5.61. The fourth-order valence-electron chi connectivity index (χ4n) is 2.08. The van der Waals surface area contributed by atoms with Crippen molar-refractivity contribution in [2.24, 2.45) is 5.84 Å². The van der Waals surface area contributed by atoms with E-state index < -0.39 is 11.7 Å². The molecule has 6 nitrogen and oxygen atoms in total. The van der Waals surface area contributed by atoms with Gasteiger partial charge in [-0.3, -0.25) is 15.1 Å². The number of carbonyl (C=O) groups is 2. The molecule has 104 valence electrons. The van der Waals surface area contributed by atoms with Gasteiger partial charge in [0.1, 0.15) is 12.1 Å². The molecule has 0 saturated heterocycles. The molecular formula is C12H23N3O3. The molecule has 0 spiro atoms. The van der Waals surface area contributed by atoms with Crippen LogP contribution in [0.4, 0.5) is 4.79 Å². The monoisotopic (exact) mass is 257 g/mol. The normalized spacial score (nSPS) is 16.4. The van der Waals surface area contributed by atoms with Crippen molar-refractivity contribution in [2.75, 3.05) is 6.54 Å². The lowest BCUT2D eigenvalue weighted by Gasteiger charge is -2.30. The molecule has 18 heavy (non-hydrogen) atoms. The van der Waals surface area contributed by atoms with Crippen molar-refractivity contribution in [2.45, 2.75) is 58.1 Å². The van der Waals surface area contributed by atoms with Gasteiger partial charge in [-0.2, -0.15) is 0 Å². The summed E-state index contributed by atoms with van der Waals surface area (Å²) in [4.78, 5) is 24.9. The summed E-state index contributed by atoms with van der Waals surface area (Å²) < 4.78 is 5.32. The minimum Gasteiger partial charge on any atom is -0.444 e. The average Bonchev–Trinajstić information content (AvgIpc) is 2.75. The topological polar surface area (TPSA) is 84.7 Å². The minimum absolute atomic E-state index is 0.0456. The number of amides is 2. The Hall–Kier alpha value is -1.30. The lowest BCUT2D eigenvalue weighted by Crippen LogP contribution is -2.48. The molecule has 1 fully saturated rings. The van der Waals surface area contributed by atoms with Crippen LogP contribution in [-0.4, -0.2) is 35.1 Å². The smallest absolute Gasteiger partial charge is 0.411 e. The summed E-state index contributed by atoms with van der Waals surface area (Å²) in [5.41, 5.74) is 1.49. The summed E-state index contributed by atoms with van der Waals surface area (Å²) in [5, 5.41) is 0. The second-order valence-electron chi connectivity index (χ2n) is 5.61. The largest absolute Gasteiger partial charge is 0.444 e. The first kappa shape index (κ1) is 14.8. The van der Waals surface area contributed by atoms with Crippen molar-refractivity contribution in [1.82, 2.24) is 10.3 Å². The molecule has 0 aromatic heterocycles.